The molecule has 8 nitrogen and oxygen atoms in total. The molecule has 1 unspecified atom stereocenters. The first-order chi connectivity index (χ1) is 18.5. The minimum absolute atomic E-state index is 0.0327. The van der Waals surface area contributed by atoms with Gasteiger partial charge in [0.1, 0.15) is 23.4 Å². The number of ether oxygens (including phenoxy) is 1. The van der Waals surface area contributed by atoms with Gasteiger partial charge in [-0.15, -0.1) is 0 Å². The zero-order valence-corrected chi connectivity index (χ0v) is 23.8. The minimum atomic E-state index is -1.39. The lowest BCUT2D eigenvalue weighted by atomic mass is 9.92. The third kappa shape index (κ3) is 5.10. The molecule has 0 aliphatic carbocycles. The molecule has 11 heteroatoms. The number of amides is 2. The highest BCUT2D eigenvalue weighted by atomic mass is 35.5. The number of benzene rings is 1. The monoisotopic (exact) mass is 573 g/mol. The van der Waals surface area contributed by atoms with Gasteiger partial charge in [-0.3, -0.25) is 9.59 Å². The van der Waals surface area contributed by atoms with Crippen molar-refractivity contribution in [3.8, 4) is 5.75 Å². The van der Waals surface area contributed by atoms with E-state index in [1.54, 1.807) is 45.0 Å². The molecule has 1 aromatic carbocycles. The molecule has 0 N–H and O–H groups in total. The summed E-state index contributed by atoms with van der Waals surface area (Å²) >= 11 is 12.4. The fourth-order valence-corrected chi connectivity index (χ4v) is 5.67. The summed E-state index contributed by atoms with van der Waals surface area (Å²) in [7, 11) is 3.23. The third-order valence-corrected chi connectivity index (χ3v) is 7.70. The van der Waals surface area contributed by atoms with Crippen molar-refractivity contribution in [2.24, 2.45) is 0 Å². The maximum Gasteiger partial charge on any atom is 0.271 e. The van der Waals surface area contributed by atoms with Crippen LogP contribution in [0.25, 0.3) is 0 Å². The molecule has 1 atom stereocenters. The Morgan fingerprint density at radius 1 is 1.08 bits per heavy atom. The van der Waals surface area contributed by atoms with Crippen molar-refractivity contribution < 1.29 is 18.7 Å². The van der Waals surface area contributed by atoms with Crippen LogP contribution in [-0.4, -0.2) is 62.4 Å². The molecule has 2 aromatic heterocycles. The second-order valence-electron chi connectivity index (χ2n) is 10.6. The number of fused-ring (bicyclic) bond motifs is 3. The molecule has 0 spiro atoms. The van der Waals surface area contributed by atoms with Gasteiger partial charge in [-0.25, -0.2) is 14.4 Å². The average molecular weight is 574 g/mol. The first kappa shape index (κ1) is 27.4. The fraction of sp³-hybridized carbons (Fsp3) is 0.429. The van der Waals surface area contributed by atoms with Crippen LogP contribution in [0.5, 0.6) is 5.75 Å². The number of pyridine rings is 1. The first-order valence-corrected chi connectivity index (χ1v) is 13.6. The molecule has 206 valence electrons. The van der Waals surface area contributed by atoms with Gasteiger partial charge in [0.05, 0.1) is 11.4 Å². The normalized spacial score (nSPS) is 16.9. The Morgan fingerprint density at radius 2 is 1.85 bits per heavy atom. The SMILES string of the molecule is CN(C)C(=O)c1ccc(OC(C)(C)C(=O)N2CCc3nc4n(c3C2c2ccc(Cl)cc2F)CCCC4)c(Cl)n1. The van der Waals surface area contributed by atoms with Crippen LogP contribution in [0.3, 0.4) is 0 Å². The molecule has 0 saturated heterocycles. The number of nitrogens with zero attached hydrogens (tertiary/aromatic N) is 5. The summed E-state index contributed by atoms with van der Waals surface area (Å²) in [5.41, 5.74) is 0.856. The van der Waals surface area contributed by atoms with Gasteiger partial charge in [-0.05, 0) is 51.0 Å². The number of hydrogen-bond donors (Lipinski definition) is 0. The second-order valence-corrected chi connectivity index (χ2v) is 11.4. The molecular formula is C28H30Cl2FN5O3. The van der Waals surface area contributed by atoms with Gasteiger partial charge in [0.15, 0.2) is 16.5 Å². The van der Waals surface area contributed by atoms with Gasteiger partial charge >= 0.3 is 0 Å². The Bertz CT molecular complexity index is 1460. The largest absolute Gasteiger partial charge is 0.475 e. The molecule has 2 aliphatic heterocycles. The van der Waals surface area contributed by atoms with Crippen molar-refractivity contribution in [3.63, 3.8) is 0 Å². The van der Waals surface area contributed by atoms with Gasteiger partial charge in [0.2, 0.25) is 0 Å². The van der Waals surface area contributed by atoms with Gasteiger partial charge in [0, 0.05) is 50.6 Å². The molecule has 0 radical (unpaired) electrons. The van der Waals surface area contributed by atoms with E-state index < -0.39 is 17.5 Å². The van der Waals surface area contributed by atoms with E-state index in [-0.39, 0.29) is 33.4 Å². The molecule has 2 aliphatic rings. The molecule has 3 aromatic rings. The van der Waals surface area contributed by atoms with Crippen molar-refractivity contribution in [2.75, 3.05) is 20.6 Å². The van der Waals surface area contributed by atoms with Crippen molar-refractivity contribution in [1.29, 1.82) is 0 Å². The number of carbonyl (C=O) groups excluding carboxylic acids is 2. The van der Waals surface area contributed by atoms with Crippen LogP contribution in [0.15, 0.2) is 30.3 Å². The third-order valence-electron chi connectivity index (χ3n) is 7.19. The number of aryl methyl sites for hydroxylation is 1. The van der Waals surface area contributed by atoms with Crippen LogP contribution in [0.2, 0.25) is 10.2 Å². The van der Waals surface area contributed by atoms with E-state index in [2.05, 4.69) is 9.55 Å². The molecule has 0 bridgehead atoms. The van der Waals surface area contributed by atoms with E-state index in [0.717, 1.165) is 43.0 Å². The van der Waals surface area contributed by atoms with Crippen LogP contribution in [-0.2, 0) is 24.2 Å². The molecule has 4 heterocycles. The quantitative estimate of drug-likeness (QED) is 0.397. The van der Waals surface area contributed by atoms with Crippen molar-refractivity contribution in [2.45, 2.75) is 57.7 Å². The van der Waals surface area contributed by atoms with Gasteiger partial charge in [-0.1, -0.05) is 29.3 Å². The summed E-state index contributed by atoms with van der Waals surface area (Å²) in [4.78, 5) is 38.5. The van der Waals surface area contributed by atoms with Crippen molar-refractivity contribution in [1.82, 2.24) is 24.3 Å². The number of halogens is 3. The molecule has 0 fully saturated rings. The zero-order chi connectivity index (χ0) is 28.1. The van der Waals surface area contributed by atoms with Crippen molar-refractivity contribution in [3.05, 3.63) is 74.8 Å². The van der Waals surface area contributed by atoms with E-state index >= 15 is 4.39 Å². The maximum absolute atomic E-state index is 15.4. The van der Waals surface area contributed by atoms with Crippen LogP contribution < -0.4 is 4.74 Å². The van der Waals surface area contributed by atoms with Crippen molar-refractivity contribution >= 4 is 35.0 Å². The summed E-state index contributed by atoms with van der Waals surface area (Å²) in [6.45, 7) is 4.39. The number of rotatable bonds is 5. The predicted molar refractivity (Wildman–Crippen MR) is 146 cm³/mol. The maximum atomic E-state index is 15.4. The highest BCUT2D eigenvalue weighted by molar-refractivity contribution is 6.31. The summed E-state index contributed by atoms with van der Waals surface area (Å²) < 4.78 is 23.7. The smallest absolute Gasteiger partial charge is 0.271 e. The summed E-state index contributed by atoms with van der Waals surface area (Å²) in [6.07, 6.45) is 3.44. The Morgan fingerprint density at radius 3 is 2.54 bits per heavy atom. The Balaban J connectivity index is 1.51. The van der Waals surface area contributed by atoms with E-state index in [1.807, 2.05) is 0 Å². The lowest BCUT2D eigenvalue weighted by Crippen LogP contribution is -2.52. The average Bonchev–Trinajstić information content (AvgIpc) is 3.27. The summed E-state index contributed by atoms with van der Waals surface area (Å²) in [6, 6.07) is 6.87. The fourth-order valence-electron chi connectivity index (χ4n) is 5.32. The molecular weight excluding hydrogens is 544 g/mol. The van der Waals surface area contributed by atoms with E-state index in [1.165, 1.54) is 23.1 Å². The van der Waals surface area contributed by atoms with Crippen LogP contribution in [0, 0.1) is 5.82 Å². The highest BCUT2D eigenvalue weighted by Gasteiger charge is 2.44. The Labute approximate surface area is 236 Å². The molecule has 39 heavy (non-hydrogen) atoms. The van der Waals surface area contributed by atoms with E-state index in [9.17, 15) is 9.59 Å². The Kier molecular flexibility index (Phi) is 7.33. The lowest BCUT2D eigenvalue weighted by Gasteiger charge is -2.41. The zero-order valence-electron chi connectivity index (χ0n) is 22.3. The highest BCUT2D eigenvalue weighted by Crippen LogP contribution is 2.40. The van der Waals surface area contributed by atoms with Gasteiger partial charge < -0.3 is 19.1 Å². The number of aromatic nitrogens is 3. The molecule has 2 amide bonds. The number of carbonyl (C=O) groups is 2. The van der Waals surface area contributed by atoms with Gasteiger partial charge in [0.25, 0.3) is 11.8 Å². The standard InChI is InChI=1S/C28H30Cl2FN5O3/c1-28(2,39-21-11-10-20(33-25(21)30)26(37)34(3)4)27(38)36-14-12-19-24(35-13-6-5-7-22(35)32-19)23(36)17-9-8-16(29)15-18(17)31/h8-11,15,23H,5-7,12-14H2,1-4H3. The van der Waals surface area contributed by atoms with Crippen LogP contribution >= 0.6 is 23.2 Å². The Hall–Kier alpha value is -3.17. The molecule has 0 saturated carbocycles. The van der Waals surface area contributed by atoms with Gasteiger partial charge in [-0.2, -0.15) is 0 Å². The number of hydrogen-bond acceptors (Lipinski definition) is 5. The first-order valence-electron chi connectivity index (χ1n) is 12.9. The molecule has 5 rings (SSSR count). The summed E-state index contributed by atoms with van der Waals surface area (Å²) in [5, 5.41) is 0.247. The number of imidazole rings is 1. The topological polar surface area (TPSA) is 80.6 Å². The van der Waals surface area contributed by atoms with Crippen LogP contribution in [0.4, 0.5) is 4.39 Å². The lowest BCUT2D eigenvalue weighted by molar-refractivity contribution is -0.148. The minimum Gasteiger partial charge on any atom is -0.475 e. The van der Waals surface area contributed by atoms with E-state index in [4.69, 9.17) is 32.9 Å². The van der Waals surface area contributed by atoms with Crippen LogP contribution in [0.1, 0.15) is 66.0 Å². The second kappa shape index (κ2) is 10.4. The summed E-state index contributed by atoms with van der Waals surface area (Å²) in [5.74, 6) is -0.000461. The predicted octanol–water partition coefficient (Wildman–Crippen LogP) is 5.09. The van der Waals surface area contributed by atoms with E-state index in [0.29, 0.717) is 18.5 Å².